The molecule has 0 saturated carbocycles. The fourth-order valence-corrected chi connectivity index (χ4v) is 3.59. The largest absolute Gasteiger partial charge is 0.493 e. The van der Waals surface area contributed by atoms with Gasteiger partial charge in [-0.3, -0.25) is 14.6 Å². The van der Waals surface area contributed by atoms with E-state index in [1.165, 1.54) is 6.20 Å². The molecule has 0 spiro atoms. The lowest BCUT2D eigenvalue weighted by molar-refractivity contribution is 0.0734. The molecule has 29 heavy (non-hydrogen) atoms. The summed E-state index contributed by atoms with van der Waals surface area (Å²) < 4.78 is 10.8. The van der Waals surface area contributed by atoms with Gasteiger partial charge in [0, 0.05) is 37.9 Å². The summed E-state index contributed by atoms with van der Waals surface area (Å²) in [4.78, 5) is 33.3. The second-order valence-electron chi connectivity index (χ2n) is 6.86. The molecule has 0 atom stereocenters. The Hall–Kier alpha value is -3.09. The van der Waals surface area contributed by atoms with E-state index in [0.717, 1.165) is 17.5 Å². The average Bonchev–Trinajstić information content (AvgIpc) is 2.77. The van der Waals surface area contributed by atoms with Crippen LogP contribution in [0.3, 0.4) is 0 Å². The van der Waals surface area contributed by atoms with Gasteiger partial charge in [0.2, 0.25) is 0 Å². The standard InChI is InChI=1S/C22H27N3O4/c1-5-24(6-2)22(27)18-11-16(7-9-23-18)21(26)25-10-8-15-12-19(28-3)20(29-4)13-17(15)14-25/h7,9,11-13H,5-6,8,10,14H2,1-4H3. The highest BCUT2D eigenvalue weighted by molar-refractivity contribution is 5.98. The number of aromatic nitrogens is 1. The summed E-state index contributed by atoms with van der Waals surface area (Å²) in [5, 5.41) is 0. The second-order valence-corrected chi connectivity index (χ2v) is 6.86. The van der Waals surface area contributed by atoms with Gasteiger partial charge in [0.05, 0.1) is 14.2 Å². The fraction of sp³-hybridized carbons (Fsp3) is 0.409. The Bertz CT molecular complexity index is 909. The zero-order valence-corrected chi connectivity index (χ0v) is 17.4. The predicted molar refractivity (Wildman–Crippen MR) is 109 cm³/mol. The number of amides is 2. The third-order valence-electron chi connectivity index (χ3n) is 5.28. The van der Waals surface area contributed by atoms with Crippen LogP contribution < -0.4 is 9.47 Å². The quantitative estimate of drug-likeness (QED) is 0.750. The highest BCUT2D eigenvalue weighted by Crippen LogP contribution is 2.33. The van der Waals surface area contributed by atoms with E-state index >= 15 is 0 Å². The zero-order chi connectivity index (χ0) is 21.0. The maximum atomic E-state index is 13.1. The molecule has 1 aromatic heterocycles. The SMILES string of the molecule is CCN(CC)C(=O)c1cc(C(=O)N2CCc3cc(OC)c(OC)cc3C2)ccn1. The maximum Gasteiger partial charge on any atom is 0.272 e. The number of ether oxygens (including phenoxy) is 2. The Kier molecular flexibility index (Phi) is 6.36. The number of carbonyl (C=O) groups excluding carboxylic acids is 2. The predicted octanol–water partition coefficient (Wildman–Crippen LogP) is 2.78. The second kappa shape index (κ2) is 8.94. The minimum atomic E-state index is -0.162. The minimum Gasteiger partial charge on any atom is -0.493 e. The van der Waals surface area contributed by atoms with Crippen LogP contribution in [0, 0.1) is 0 Å². The van der Waals surface area contributed by atoms with Crippen LogP contribution in [0.2, 0.25) is 0 Å². The molecule has 7 nitrogen and oxygen atoms in total. The van der Waals surface area contributed by atoms with Crippen LogP contribution in [0.15, 0.2) is 30.5 Å². The number of methoxy groups -OCH3 is 2. The van der Waals surface area contributed by atoms with Crippen LogP contribution in [0.5, 0.6) is 11.5 Å². The first-order valence-electron chi connectivity index (χ1n) is 9.80. The summed E-state index contributed by atoms with van der Waals surface area (Å²) in [5.74, 6) is 1.07. The van der Waals surface area contributed by atoms with Crippen molar-refractivity contribution in [2.45, 2.75) is 26.8 Å². The Morgan fingerprint density at radius 1 is 1.07 bits per heavy atom. The van der Waals surface area contributed by atoms with E-state index in [4.69, 9.17) is 9.47 Å². The molecule has 154 valence electrons. The van der Waals surface area contributed by atoms with E-state index < -0.39 is 0 Å². The molecule has 1 aliphatic heterocycles. The van der Waals surface area contributed by atoms with E-state index in [2.05, 4.69) is 4.98 Å². The molecule has 0 saturated heterocycles. The fourth-order valence-electron chi connectivity index (χ4n) is 3.59. The van der Waals surface area contributed by atoms with Crippen LogP contribution in [0.1, 0.15) is 45.8 Å². The third-order valence-corrected chi connectivity index (χ3v) is 5.28. The molecule has 0 fully saturated rings. The molecule has 7 heteroatoms. The van der Waals surface area contributed by atoms with E-state index in [1.807, 2.05) is 26.0 Å². The summed E-state index contributed by atoms with van der Waals surface area (Å²) in [6.45, 7) is 6.13. The van der Waals surface area contributed by atoms with Gasteiger partial charge in [0.15, 0.2) is 11.5 Å². The molecular weight excluding hydrogens is 370 g/mol. The van der Waals surface area contributed by atoms with Crippen LogP contribution >= 0.6 is 0 Å². The number of carbonyl (C=O) groups is 2. The Labute approximate surface area is 171 Å². The van der Waals surface area contributed by atoms with Gasteiger partial charge in [0.1, 0.15) is 5.69 Å². The van der Waals surface area contributed by atoms with Crippen LogP contribution in [0.4, 0.5) is 0 Å². The lowest BCUT2D eigenvalue weighted by Gasteiger charge is -2.30. The van der Waals surface area contributed by atoms with Crippen LogP contribution in [-0.2, 0) is 13.0 Å². The number of fused-ring (bicyclic) bond motifs is 1. The van der Waals surface area contributed by atoms with Crippen molar-refractivity contribution >= 4 is 11.8 Å². The number of hydrogen-bond acceptors (Lipinski definition) is 5. The summed E-state index contributed by atoms with van der Waals surface area (Å²) >= 11 is 0. The lowest BCUT2D eigenvalue weighted by Crippen LogP contribution is -2.36. The molecule has 0 N–H and O–H groups in total. The molecule has 0 unspecified atom stereocenters. The smallest absolute Gasteiger partial charge is 0.272 e. The van der Waals surface area contributed by atoms with Gasteiger partial charge in [0.25, 0.3) is 11.8 Å². The minimum absolute atomic E-state index is 0.110. The summed E-state index contributed by atoms with van der Waals surface area (Å²) in [6.07, 6.45) is 2.26. The van der Waals surface area contributed by atoms with E-state index in [1.54, 1.807) is 36.2 Å². The van der Waals surface area contributed by atoms with Gasteiger partial charge in [-0.15, -0.1) is 0 Å². The highest BCUT2D eigenvalue weighted by Gasteiger charge is 2.25. The lowest BCUT2D eigenvalue weighted by atomic mass is 9.98. The normalized spacial score (nSPS) is 12.9. The molecule has 2 aromatic rings. The van der Waals surface area contributed by atoms with Gasteiger partial charge < -0.3 is 19.3 Å². The summed E-state index contributed by atoms with van der Waals surface area (Å²) in [7, 11) is 3.21. The number of nitrogens with zero attached hydrogens (tertiary/aromatic N) is 3. The number of rotatable bonds is 6. The van der Waals surface area contributed by atoms with Gasteiger partial charge >= 0.3 is 0 Å². The Balaban J connectivity index is 1.82. The Morgan fingerprint density at radius 3 is 2.34 bits per heavy atom. The van der Waals surface area contributed by atoms with E-state index in [0.29, 0.717) is 48.9 Å². The first kappa shape index (κ1) is 20.6. The maximum absolute atomic E-state index is 13.1. The van der Waals surface area contributed by atoms with Crippen molar-refractivity contribution in [1.29, 1.82) is 0 Å². The molecular formula is C22H27N3O4. The number of pyridine rings is 1. The molecule has 0 radical (unpaired) electrons. The first-order chi connectivity index (χ1) is 14.0. The van der Waals surface area contributed by atoms with E-state index in [-0.39, 0.29) is 11.8 Å². The zero-order valence-electron chi connectivity index (χ0n) is 17.4. The topological polar surface area (TPSA) is 72.0 Å². The monoisotopic (exact) mass is 397 g/mol. The highest BCUT2D eigenvalue weighted by atomic mass is 16.5. The number of hydrogen-bond donors (Lipinski definition) is 0. The molecule has 0 bridgehead atoms. The van der Waals surface area contributed by atoms with Crippen molar-refractivity contribution in [3.63, 3.8) is 0 Å². The summed E-state index contributed by atoms with van der Waals surface area (Å²) in [5.41, 5.74) is 2.96. The van der Waals surface area contributed by atoms with Gasteiger partial charge in [-0.25, -0.2) is 0 Å². The number of benzene rings is 1. The molecule has 2 amide bonds. The summed E-state index contributed by atoms with van der Waals surface area (Å²) in [6, 6.07) is 7.15. The Morgan fingerprint density at radius 2 is 1.72 bits per heavy atom. The van der Waals surface area contributed by atoms with Crippen LogP contribution in [0.25, 0.3) is 0 Å². The van der Waals surface area contributed by atoms with Crippen molar-refractivity contribution in [1.82, 2.24) is 14.8 Å². The average molecular weight is 397 g/mol. The molecule has 1 aromatic carbocycles. The van der Waals surface area contributed by atoms with Crippen molar-refractivity contribution in [3.05, 3.63) is 52.8 Å². The van der Waals surface area contributed by atoms with Gasteiger partial charge in [-0.1, -0.05) is 0 Å². The molecule has 3 rings (SSSR count). The van der Waals surface area contributed by atoms with Crippen molar-refractivity contribution in [3.8, 4) is 11.5 Å². The molecule has 1 aliphatic rings. The van der Waals surface area contributed by atoms with Crippen molar-refractivity contribution in [2.24, 2.45) is 0 Å². The van der Waals surface area contributed by atoms with Crippen LogP contribution in [-0.4, -0.2) is 60.5 Å². The molecule has 0 aliphatic carbocycles. The molecule has 2 heterocycles. The van der Waals surface area contributed by atoms with Crippen molar-refractivity contribution < 1.29 is 19.1 Å². The first-order valence-corrected chi connectivity index (χ1v) is 9.80. The van der Waals surface area contributed by atoms with Crippen molar-refractivity contribution in [2.75, 3.05) is 33.9 Å². The van der Waals surface area contributed by atoms with Gasteiger partial charge in [-0.2, -0.15) is 0 Å². The van der Waals surface area contributed by atoms with Gasteiger partial charge in [-0.05, 0) is 55.7 Å². The third kappa shape index (κ3) is 4.18. The van der Waals surface area contributed by atoms with E-state index in [9.17, 15) is 9.59 Å².